The van der Waals surface area contributed by atoms with E-state index < -0.39 is 0 Å². The summed E-state index contributed by atoms with van der Waals surface area (Å²) in [6.07, 6.45) is 2.47. The summed E-state index contributed by atoms with van der Waals surface area (Å²) >= 11 is 0. The number of hydrogen-bond acceptors (Lipinski definition) is 6. The molecule has 0 spiro atoms. The number of nitrogens with one attached hydrogen (secondary N) is 1. The number of rotatable bonds is 6. The molecule has 6 nitrogen and oxygen atoms in total. The van der Waals surface area contributed by atoms with E-state index in [0.717, 1.165) is 6.42 Å². The Labute approximate surface area is 101 Å². The molecule has 0 saturated carbocycles. The van der Waals surface area contributed by atoms with E-state index in [4.69, 9.17) is 10.5 Å². The molecule has 0 radical (unpaired) electrons. The molecule has 0 amide bonds. The fraction of sp³-hybridized carbons (Fsp3) is 0.636. The van der Waals surface area contributed by atoms with E-state index in [1.807, 2.05) is 0 Å². The minimum Gasteiger partial charge on any atom is -0.491 e. The molecule has 0 bridgehead atoms. The predicted molar refractivity (Wildman–Crippen MR) is 66.9 cm³/mol. The molecule has 0 aliphatic heterocycles. The van der Waals surface area contributed by atoms with Crippen LogP contribution in [0.25, 0.3) is 0 Å². The number of aliphatic hydroxyl groups is 1. The summed E-state index contributed by atoms with van der Waals surface area (Å²) in [6, 6.07) is -0.0804. The normalized spacial score (nSPS) is 14.1. The van der Waals surface area contributed by atoms with Gasteiger partial charge in [-0.25, -0.2) is 4.98 Å². The van der Waals surface area contributed by atoms with Crippen molar-refractivity contribution in [1.29, 1.82) is 0 Å². The highest BCUT2D eigenvalue weighted by molar-refractivity contribution is 5.51. The Morgan fingerprint density at radius 2 is 2.29 bits per heavy atom. The van der Waals surface area contributed by atoms with Gasteiger partial charge in [0.1, 0.15) is 0 Å². The molecule has 4 N–H and O–H groups in total. The summed E-state index contributed by atoms with van der Waals surface area (Å²) in [6.45, 7) is 4.16. The first-order valence-corrected chi connectivity index (χ1v) is 5.66. The zero-order valence-corrected chi connectivity index (χ0v) is 10.5. The minimum absolute atomic E-state index is 0.0298. The van der Waals surface area contributed by atoms with Crippen molar-refractivity contribution in [2.75, 3.05) is 24.8 Å². The van der Waals surface area contributed by atoms with Crippen LogP contribution in [0.5, 0.6) is 5.75 Å². The molecule has 0 aliphatic carbocycles. The van der Waals surface area contributed by atoms with E-state index >= 15 is 0 Å². The van der Waals surface area contributed by atoms with E-state index in [1.165, 1.54) is 13.3 Å². The number of nitrogens with zero attached hydrogens (tertiary/aromatic N) is 2. The Hall–Kier alpha value is -1.56. The number of methoxy groups -OCH3 is 1. The fourth-order valence-corrected chi connectivity index (χ4v) is 1.47. The van der Waals surface area contributed by atoms with Gasteiger partial charge in [-0.05, 0) is 5.92 Å². The molecule has 2 atom stereocenters. The second-order valence-corrected chi connectivity index (χ2v) is 3.96. The topological polar surface area (TPSA) is 93.3 Å². The van der Waals surface area contributed by atoms with E-state index in [0.29, 0.717) is 17.5 Å². The zero-order chi connectivity index (χ0) is 12.8. The quantitative estimate of drug-likeness (QED) is 0.683. The highest BCUT2D eigenvalue weighted by Gasteiger charge is 2.17. The Kier molecular flexibility index (Phi) is 4.96. The third-order valence-electron chi connectivity index (χ3n) is 2.84. The Morgan fingerprint density at radius 3 is 2.82 bits per heavy atom. The molecule has 1 aromatic rings. The van der Waals surface area contributed by atoms with E-state index in [9.17, 15) is 5.11 Å². The maximum Gasteiger partial charge on any atom is 0.222 e. The number of anilines is 2. The highest BCUT2D eigenvalue weighted by atomic mass is 16.5. The first-order valence-electron chi connectivity index (χ1n) is 5.66. The maximum atomic E-state index is 9.34. The number of nitrogens with two attached hydrogens (primary N) is 1. The van der Waals surface area contributed by atoms with Crippen LogP contribution < -0.4 is 15.8 Å². The molecule has 0 aliphatic rings. The smallest absolute Gasteiger partial charge is 0.222 e. The summed E-state index contributed by atoms with van der Waals surface area (Å²) in [5, 5.41) is 12.5. The van der Waals surface area contributed by atoms with Crippen molar-refractivity contribution in [3.8, 4) is 5.75 Å². The van der Waals surface area contributed by atoms with Crippen LogP contribution in [0.4, 0.5) is 11.8 Å². The molecule has 6 heteroatoms. The van der Waals surface area contributed by atoms with Crippen LogP contribution in [-0.2, 0) is 0 Å². The SMILES string of the molecule is CCC(C)C(CO)Nc1nc(N)ncc1OC. The lowest BCUT2D eigenvalue weighted by molar-refractivity contribution is 0.240. The second-order valence-electron chi connectivity index (χ2n) is 3.96. The number of aromatic nitrogens is 2. The van der Waals surface area contributed by atoms with Gasteiger partial charge in [0.25, 0.3) is 0 Å². The molecular formula is C11H20N4O2. The average Bonchev–Trinajstić information content (AvgIpc) is 2.35. The van der Waals surface area contributed by atoms with Gasteiger partial charge in [0.2, 0.25) is 5.95 Å². The summed E-state index contributed by atoms with van der Waals surface area (Å²) in [5.74, 6) is 1.52. The first-order chi connectivity index (χ1) is 8.12. The average molecular weight is 240 g/mol. The number of ether oxygens (including phenoxy) is 1. The molecule has 96 valence electrons. The van der Waals surface area contributed by atoms with Gasteiger partial charge in [-0.2, -0.15) is 4.98 Å². The van der Waals surface area contributed by atoms with Crippen molar-refractivity contribution in [3.63, 3.8) is 0 Å². The first kappa shape index (κ1) is 13.5. The highest BCUT2D eigenvalue weighted by Crippen LogP contribution is 2.23. The lowest BCUT2D eigenvalue weighted by atomic mass is 10.00. The van der Waals surface area contributed by atoms with Gasteiger partial charge < -0.3 is 20.9 Å². The molecule has 0 fully saturated rings. The van der Waals surface area contributed by atoms with E-state index in [-0.39, 0.29) is 18.6 Å². The number of nitrogen functional groups attached to an aromatic ring is 1. The van der Waals surface area contributed by atoms with Crippen molar-refractivity contribution in [2.24, 2.45) is 5.92 Å². The Morgan fingerprint density at radius 1 is 1.59 bits per heavy atom. The van der Waals surface area contributed by atoms with Gasteiger partial charge in [-0.3, -0.25) is 0 Å². The van der Waals surface area contributed by atoms with Gasteiger partial charge in [0.15, 0.2) is 11.6 Å². The lowest BCUT2D eigenvalue weighted by Crippen LogP contribution is -2.31. The molecule has 0 saturated heterocycles. The summed E-state index contributed by atoms with van der Waals surface area (Å²) in [4.78, 5) is 7.92. The molecule has 1 heterocycles. The van der Waals surface area contributed by atoms with Crippen LogP contribution in [-0.4, -0.2) is 34.8 Å². The molecule has 17 heavy (non-hydrogen) atoms. The Bertz CT molecular complexity index is 359. The van der Waals surface area contributed by atoms with Crippen LogP contribution in [0.1, 0.15) is 20.3 Å². The van der Waals surface area contributed by atoms with Crippen molar-refractivity contribution in [1.82, 2.24) is 9.97 Å². The summed E-state index contributed by atoms with van der Waals surface area (Å²) in [5.41, 5.74) is 5.53. The predicted octanol–water partition coefficient (Wildman–Crippen LogP) is 0.886. The van der Waals surface area contributed by atoms with Crippen LogP contribution >= 0.6 is 0 Å². The fourth-order valence-electron chi connectivity index (χ4n) is 1.47. The number of hydrogen-bond donors (Lipinski definition) is 3. The lowest BCUT2D eigenvalue weighted by Gasteiger charge is -2.23. The largest absolute Gasteiger partial charge is 0.491 e. The third-order valence-corrected chi connectivity index (χ3v) is 2.84. The van der Waals surface area contributed by atoms with Crippen molar-refractivity contribution in [3.05, 3.63) is 6.20 Å². The van der Waals surface area contributed by atoms with Crippen LogP contribution in [0.3, 0.4) is 0 Å². The van der Waals surface area contributed by atoms with Gasteiger partial charge in [-0.15, -0.1) is 0 Å². The van der Waals surface area contributed by atoms with E-state index in [2.05, 4.69) is 29.1 Å². The Balaban J connectivity index is 2.88. The van der Waals surface area contributed by atoms with Crippen LogP contribution in [0, 0.1) is 5.92 Å². The van der Waals surface area contributed by atoms with Crippen molar-refractivity contribution in [2.45, 2.75) is 26.3 Å². The third kappa shape index (κ3) is 3.45. The minimum atomic E-state index is -0.0804. The molecular weight excluding hydrogens is 220 g/mol. The van der Waals surface area contributed by atoms with Gasteiger partial charge >= 0.3 is 0 Å². The van der Waals surface area contributed by atoms with Crippen molar-refractivity contribution >= 4 is 11.8 Å². The van der Waals surface area contributed by atoms with Crippen molar-refractivity contribution < 1.29 is 9.84 Å². The second kappa shape index (κ2) is 6.24. The standard InChI is InChI=1S/C11H20N4O2/c1-4-7(2)8(6-16)14-10-9(17-3)5-13-11(12)15-10/h5,7-8,16H,4,6H2,1-3H3,(H3,12,13,14,15). The van der Waals surface area contributed by atoms with Gasteiger partial charge in [0, 0.05) is 0 Å². The van der Waals surface area contributed by atoms with E-state index in [1.54, 1.807) is 0 Å². The molecule has 1 rings (SSSR count). The molecule has 2 unspecified atom stereocenters. The molecule has 1 aromatic heterocycles. The number of aliphatic hydroxyl groups excluding tert-OH is 1. The zero-order valence-electron chi connectivity index (χ0n) is 10.5. The van der Waals surface area contributed by atoms with Gasteiger partial charge in [-0.1, -0.05) is 20.3 Å². The monoisotopic (exact) mass is 240 g/mol. The molecule has 0 aromatic carbocycles. The van der Waals surface area contributed by atoms with Crippen LogP contribution in [0.15, 0.2) is 6.20 Å². The van der Waals surface area contributed by atoms with Crippen LogP contribution in [0.2, 0.25) is 0 Å². The maximum absolute atomic E-state index is 9.34. The van der Waals surface area contributed by atoms with Gasteiger partial charge in [0.05, 0.1) is 26.0 Å². The summed E-state index contributed by atoms with van der Waals surface area (Å²) in [7, 11) is 1.54. The summed E-state index contributed by atoms with van der Waals surface area (Å²) < 4.78 is 5.13.